The molecule has 108 valence electrons. The van der Waals surface area contributed by atoms with Crippen molar-refractivity contribution in [1.82, 2.24) is 5.32 Å². The molecule has 1 aromatic carbocycles. The molecule has 6 heteroatoms. The third kappa shape index (κ3) is 3.77. The van der Waals surface area contributed by atoms with E-state index >= 15 is 0 Å². The van der Waals surface area contributed by atoms with E-state index in [0.29, 0.717) is 17.8 Å². The van der Waals surface area contributed by atoms with Gasteiger partial charge in [0.15, 0.2) is 5.78 Å². The summed E-state index contributed by atoms with van der Waals surface area (Å²) in [6.45, 7) is 1.74. The summed E-state index contributed by atoms with van der Waals surface area (Å²) in [5.41, 5.74) is 0.830. The SMILES string of the molecule is O=C1CNCCCCCCNc2ccc1cc2[N+](=O)[O-]. The van der Waals surface area contributed by atoms with E-state index in [2.05, 4.69) is 10.6 Å². The largest absolute Gasteiger partial charge is 0.379 e. The number of nitro benzene ring substituents is 1. The fourth-order valence-corrected chi connectivity index (χ4v) is 2.26. The molecule has 6 nitrogen and oxygen atoms in total. The van der Waals surface area contributed by atoms with E-state index in [9.17, 15) is 14.9 Å². The van der Waals surface area contributed by atoms with Crippen LogP contribution in [0.15, 0.2) is 18.2 Å². The van der Waals surface area contributed by atoms with Gasteiger partial charge in [-0.2, -0.15) is 0 Å². The molecule has 0 amide bonds. The van der Waals surface area contributed by atoms with Crippen molar-refractivity contribution in [2.75, 3.05) is 25.0 Å². The lowest BCUT2D eigenvalue weighted by molar-refractivity contribution is -0.384. The number of nitro groups is 1. The lowest BCUT2D eigenvalue weighted by atomic mass is 10.1. The van der Waals surface area contributed by atoms with Crippen LogP contribution < -0.4 is 10.6 Å². The zero-order chi connectivity index (χ0) is 14.4. The van der Waals surface area contributed by atoms with Gasteiger partial charge in [-0.15, -0.1) is 0 Å². The Labute approximate surface area is 117 Å². The van der Waals surface area contributed by atoms with Gasteiger partial charge < -0.3 is 10.6 Å². The summed E-state index contributed by atoms with van der Waals surface area (Å²) in [6, 6.07) is 4.63. The second kappa shape index (κ2) is 7.00. The zero-order valence-corrected chi connectivity index (χ0v) is 11.4. The standard InChI is InChI=1S/C14H19N3O3/c18-14-10-15-7-3-1-2-4-8-16-12-6-5-11(14)9-13(12)17(19)20/h5-6,9,15-16H,1-4,7-8,10H2. The number of anilines is 1. The summed E-state index contributed by atoms with van der Waals surface area (Å²) < 4.78 is 0. The lowest BCUT2D eigenvalue weighted by Gasteiger charge is -2.10. The van der Waals surface area contributed by atoms with Crippen LogP contribution in [0.2, 0.25) is 0 Å². The summed E-state index contributed by atoms with van der Waals surface area (Å²) in [4.78, 5) is 22.6. The number of carbonyl (C=O) groups is 1. The Hall–Kier alpha value is -1.95. The third-order valence-corrected chi connectivity index (χ3v) is 3.40. The summed E-state index contributed by atoms with van der Waals surface area (Å²) >= 11 is 0. The van der Waals surface area contributed by atoms with E-state index in [4.69, 9.17) is 0 Å². The highest BCUT2D eigenvalue weighted by Crippen LogP contribution is 2.26. The second-order valence-electron chi connectivity index (χ2n) is 4.93. The van der Waals surface area contributed by atoms with Crippen LogP contribution in [-0.2, 0) is 0 Å². The van der Waals surface area contributed by atoms with Crippen molar-refractivity contribution in [3.05, 3.63) is 33.9 Å². The van der Waals surface area contributed by atoms with Crippen LogP contribution in [0.3, 0.4) is 0 Å². The smallest absolute Gasteiger partial charge is 0.293 e. The first-order valence-corrected chi connectivity index (χ1v) is 6.95. The third-order valence-electron chi connectivity index (χ3n) is 3.40. The van der Waals surface area contributed by atoms with Gasteiger partial charge in [-0.05, 0) is 31.5 Å². The number of ketones is 1. The Bertz CT molecular complexity index is 502. The van der Waals surface area contributed by atoms with Crippen LogP contribution in [0.4, 0.5) is 11.4 Å². The first-order chi connectivity index (χ1) is 9.68. The molecule has 2 aliphatic heterocycles. The monoisotopic (exact) mass is 277 g/mol. The van der Waals surface area contributed by atoms with Gasteiger partial charge in [-0.1, -0.05) is 12.8 Å². The fourth-order valence-electron chi connectivity index (χ4n) is 2.26. The van der Waals surface area contributed by atoms with Crippen LogP contribution in [0.5, 0.6) is 0 Å². The number of rotatable bonds is 1. The Morgan fingerprint density at radius 1 is 1.10 bits per heavy atom. The molecule has 3 rings (SSSR count). The number of nitrogens with one attached hydrogen (secondary N) is 2. The molecule has 2 heterocycles. The van der Waals surface area contributed by atoms with Crippen molar-refractivity contribution in [3.8, 4) is 0 Å². The molecule has 2 N–H and O–H groups in total. The van der Waals surface area contributed by atoms with Crippen molar-refractivity contribution in [3.63, 3.8) is 0 Å². The molecule has 2 bridgehead atoms. The molecule has 0 atom stereocenters. The second-order valence-corrected chi connectivity index (χ2v) is 4.93. The van der Waals surface area contributed by atoms with E-state index < -0.39 is 4.92 Å². The molecular weight excluding hydrogens is 258 g/mol. The number of hydrogen-bond donors (Lipinski definition) is 2. The summed E-state index contributed by atoms with van der Waals surface area (Å²) in [6.07, 6.45) is 4.21. The van der Waals surface area contributed by atoms with E-state index in [0.717, 1.165) is 32.2 Å². The van der Waals surface area contributed by atoms with Gasteiger partial charge in [-0.3, -0.25) is 14.9 Å². The molecule has 0 radical (unpaired) electrons. The Morgan fingerprint density at radius 3 is 2.60 bits per heavy atom. The Morgan fingerprint density at radius 2 is 1.85 bits per heavy atom. The minimum atomic E-state index is -0.446. The highest BCUT2D eigenvalue weighted by molar-refractivity contribution is 5.98. The van der Waals surface area contributed by atoms with Gasteiger partial charge in [0.2, 0.25) is 0 Å². The summed E-state index contributed by atoms with van der Waals surface area (Å²) in [5, 5.41) is 17.3. The van der Waals surface area contributed by atoms with Crippen LogP contribution in [0.25, 0.3) is 0 Å². The van der Waals surface area contributed by atoms with E-state index in [1.807, 2.05) is 0 Å². The highest BCUT2D eigenvalue weighted by Gasteiger charge is 2.17. The maximum Gasteiger partial charge on any atom is 0.293 e. The van der Waals surface area contributed by atoms with Gasteiger partial charge in [0.25, 0.3) is 5.69 Å². The van der Waals surface area contributed by atoms with Gasteiger partial charge in [0, 0.05) is 18.2 Å². The maximum atomic E-state index is 12.0. The van der Waals surface area contributed by atoms with Crippen LogP contribution in [0.1, 0.15) is 36.0 Å². The topological polar surface area (TPSA) is 84.3 Å². The molecule has 0 saturated heterocycles. The normalized spacial score (nSPS) is 17.3. The molecule has 0 spiro atoms. The molecule has 0 aliphatic carbocycles. The molecule has 0 unspecified atom stereocenters. The number of nitrogens with zero attached hydrogens (tertiary/aromatic N) is 1. The van der Waals surface area contributed by atoms with Gasteiger partial charge in [0.05, 0.1) is 11.5 Å². The first-order valence-electron chi connectivity index (χ1n) is 6.95. The zero-order valence-electron chi connectivity index (χ0n) is 11.4. The van der Waals surface area contributed by atoms with Crippen molar-refractivity contribution in [1.29, 1.82) is 0 Å². The quantitative estimate of drug-likeness (QED) is 0.608. The molecule has 0 saturated carbocycles. The van der Waals surface area contributed by atoms with E-state index in [-0.39, 0.29) is 18.0 Å². The lowest BCUT2D eigenvalue weighted by Crippen LogP contribution is -2.24. The summed E-state index contributed by atoms with van der Waals surface area (Å²) in [7, 11) is 0. The summed E-state index contributed by atoms with van der Waals surface area (Å²) in [5.74, 6) is -0.114. The van der Waals surface area contributed by atoms with Crippen molar-refractivity contribution < 1.29 is 9.72 Å². The number of fused-ring (bicyclic) bond motifs is 11. The van der Waals surface area contributed by atoms with Crippen molar-refractivity contribution >= 4 is 17.2 Å². The molecule has 0 fully saturated rings. The molecule has 1 aromatic rings. The Balaban J connectivity index is 2.25. The van der Waals surface area contributed by atoms with Crippen molar-refractivity contribution in [2.24, 2.45) is 0 Å². The molecular formula is C14H19N3O3. The van der Waals surface area contributed by atoms with Crippen LogP contribution in [-0.4, -0.2) is 30.3 Å². The molecule has 2 aliphatic rings. The fraction of sp³-hybridized carbons (Fsp3) is 0.500. The maximum absolute atomic E-state index is 12.0. The average molecular weight is 277 g/mol. The molecule has 0 aromatic heterocycles. The van der Waals surface area contributed by atoms with Crippen LogP contribution in [0, 0.1) is 10.1 Å². The van der Waals surface area contributed by atoms with E-state index in [1.54, 1.807) is 12.1 Å². The van der Waals surface area contributed by atoms with Gasteiger partial charge in [-0.25, -0.2) is 0 Å². The number of benzene rings is 1. The van der Waals surface area contributed by atoms with Crippen molar-refractivity contribution in [2.45, 2.75) is 25.7 Å². The first kappa shape index (κ1) is 14.5. The number of hydrogen-bond acceptors (Lipinski definition) is 5. The van der Waals surface area contributed by atoms with Crippen LogP contribution >= 0.6 is 0 Å². The average Bonchev–Trinajstić information content (AvgIpc) is 2.44. The number of carbonyl (C=O) groups excluding carboxylic acids is 1. The minimum absolute atomic E-state index is 0.0343. The van der Waals surface area contributed by atoms with Gasteiger partial charge in [0.1, 0.15) is 5.69 Å². The van der Waals surface area contributed by atoms with E-state index in [1.165, 1.54) is 6.07 Å². The Kier molecular flexibility index (Phi) is 5.06. The number of Topliss-reactive ketones (excluding diaryl/α,β-unsaturated/α-hetero) is 1. The predicted molar refractivity (Wildman–Crippen MR) is 77.3 cm³/mol. The van der Waals surface area contributed by atoms with Gasteiger partial charge >= 0.3 is 0 Å². The highest BCUT2D eigenvalue weighted by atomic mass is 16.6. The predicted octanol–water partition coefficient (Wildman–Crippen LogP) is 2.35. The minimum Gasteiger partial charge on any atom is -0.379 e. The molecule has 20 heavy (non-hydrogen) atoms.